The van der Waals surface area contributed by atoms with Crippen LogP contribution in [0.1, 0.15) is 25.8 Å². The zero-order valence-electron chi connectivity index (χ0n) is 17.2. The highest BCUT2D eigenvalue weighted by Crippen LogP contribution is 2.25. The third-order valence-corrected chi connectivity index (χ3v) is 4.87. The third-order valence-electron chi connectivity index (χ3n) is 4.87. The average molecular weight is 410 g/mol. The normalized spacial score (nSPS) is 16.8. The van der Waals surface area contributed by atoms with E-state index in [1.165, 1.54) is 6.92 Å². The Balaban J connectivity index is 1.54. The largest absolute Gasteiger partial charge is 0.492 e. The van der Waals surface area contributed by atoms with Crippen molar-refractivity contribution in [2.45, 2.75) is 32.9 Å². The molecule has 2 amide bonds. The standard InChI is InChI=1S/C23H26N2O5/c1-3-29-20-12-8-7-11-19(20)24-22(27)16(2)30-23(28)18-13-21(26)25(15-18)14-17-9-5-4-6-10-17/h4-12,16,18H,3,13-15H2,1-2H3,(H,24,27)/t16-,18+/m1/s1. The van der Waals surface area contributed by atoms with Crippen molar-refractivity contribution in [1.82, 2.24) is 4.90 Å². The van der Waals surface area contributed by atoms with Crippen LogP contribution in [0.15, 0.2) is 54.6 Å². The lowest BCUT2D eigenvalue weighted by Gasteiger charge is -2.18. The fourth-order valence-electron chi connectivity index (χ4n) is 3.30. The monoisotopic (exact) mass is 410 g/mol. The molecule has 158 valence electrons. The van der Waals surface area contributed by atoms with Crippen LogP contribution < -0.4 is 10.1 Å². The minimum absolute atomic E-state index is 0.0905. The van der Waals surface area contributed by atoms with E-state index in [0.717, 1.165) is 5.56 Å². The molecule has 0 spiro atoms. The number of hydrogen-bond acceptors (Lipinski definition) is 5. The maximum atomic E-state index is 12.5. The smallest absolute Gasteiger partial charge is 0.312 e. The molecule has 7 heteroatoms. The van der Waals surface area contributed by atoms with Crippen LogP contribution in [-0.2, 0) is 25.7 Å². The number of hydrogen-bond donors (Lipinski definition) is 1. The Labute approximate surface area is 176 Å². The molecule has 2 aromatic carbocycles. The molecule has 2 aromatic rings. The van der Waals surface area contributed by atoms with E-state index in [1.807, 2.05) is 43.3 Å². The predicted octanol–water partition coefficient (Wildman–Crippen LogP) is 3.00. The van der Waals surface area contributed by atoms with Gasteiger partial charge in [-0.2, -0.15) is 0 Å². The SMILES string of the molecule is CCOc1ccccc1NC(=O)[C@@H](C)OC(=O)[C@H]1CC(=O)N(Cc2ccccc2)C1. The second-order valence-electron chi connectivity index (χ2n) is 7.16. The first-order valence-corrected chi connectivity index (χ1v) is 10.0. The summed E-state index contributed by atoms with van der Waals surface area (Å²) in [5.74, 6) is -1.12. The molecule has 1 N–H and O–H groups in total. The van der Waals surface area contributed by atoms with E-state index in [-0.39, 0.29) is 18.9 Å². The first kappa shape index (κ1) is 21.4. The molecule has 0 radical (unpaired) electrons. The van der Waals surface area contributed by atoms with Crippen molar-refractivity contribution in [3.63, 3.8) is 0 Å². The summed E-state index contributed by atoms with van der Waals surface area (Å²) in [5.41, 5.74) is 1.51. The number of para-hydroxylation sites is 2. The van der Waals surface area contributed by atoms with Gasteiger partial charge < -0.3 is 19.7 Å². The van der Waals surface area contributed by atoms with Gasteiger partial charge in [0, 0.05) is 19.5 Å². The van der Waals surface area contributed by atoms with Gasteiger partial charge in [-0.3, -0.25) is 14.4 Å². The average Bonchev–Trinajstić information content (AvgIpc) is 3.11. The first-order chi connectivity index (χ1) is 14.5. The number of amides is 2. The topological polar surface area (TPSA) is 84.9 Å². The molecule has 0 saturated carbocycles. The Kier molecular flexibility index (Phi) is 7.06. The van der Waals surface area contributed by atoms with Gasteiger partial charge >= 0.3 is 5.97 Å². The maximum absolute atomic E-state index is 12.5. The van der Waals surface area contributed by atoms with Gasteiger partial charge in [-0.15, -0.1) is 0 Å². The van der Waals surface area contributed by atoms with Crippen LogP contribution in [0, 0.1) is 5.92 Å². The molecule has 1 saturated heterocycles. The fraction of sp³-hybridized carbons (Fsp3) is 0.348. The molecule has 3 rings (SSSR count). The third kappa shape index (κ3) is 5.37. The Morgan fingerprint density at radius 2 is 1.83 bits per heavy atom. The van der Waals surface area contributed by atoms with Crippen molar-refractivity contribution in [3.05, 3.63) is 60.2 Å². The zero-order valence-corrected chi connectivity index (χ0v) is 17.2. The molecule has 1 aliphatic heterocycles. The quantitative estimate of drug-likeness (QED) is 0.677. The van der Waals surface area contributed by atoms with Crippen LogP contribution in [-0.4, -0.2) is 41.9 Å². The number of benzene rings is 2. The molecular weight excluding hydrogens is 384 g/mol. The van der Waals surface area contributed by atoms with Crippen LogP contribution in [0.4, 0.5) is 5.69 Å². The van der Waals surface area contributed by atoms with Gasteiger partial charge in [-0.05, 0) is 31.5 Å². The highest BCUT2D eigenvalue weighted by atomic mass is 16.5. The van der Waals surface area contributed by atoms with E-state index in [4.69, 9.17) is 9.47 Å². The Morgan fingerprint density at radius 1 is 1.13 bits per heavy atom. The second kappa shape index (κ2) is 9.91. The molecule has 2 atom stereocenters. The molecule has 7 nitrogen and oxygen atoms in total. The van der Waals surface area contributed by atoms with Gasteiger partial charge in [-0.25, -0.2) is 0 Å². The molecule has 0 aliphatic carbocycles. The number of rotatable bonds is 8. The number of ether oxygens (including phenoxy) is 2. The summed E-state index contributed by atoms with van der Waals surface area (Å²) in [4.78, 5) is 38.9. The van der Waals surface area contributed by atoms with Gasteiger partial charge in [0.25, 0.3) is 5.91 Å². The zero-order chi connectivity index (χ0) is 21.5. The molecule has 1 heterocycles. The highest BCUT2D eigenvalue weighted by molar-refractivity contribution is 5.96. The number of anilines is 1. The summed E-state index contributed by atoms with van der Waals surface area (Å²) in [6.45, 7) is 4.57. The van der Waals surface area contributed by atoms with E-state index >= 15 is 0 Å². The number of esters is 1. The second-order valence-corrected chi connectivity index (χ2v) is 7.16. The van der Waals surface area contributed by atoms with Gasteiger partial charge in [0.1, 0.15) is 5.75 Å². The molecule has 1 aliphatic rings. The minimum atomic E-state index is -0.995. The summed E-state index contributed by atoms with van der Waals surface area (Å²) in [6, 6.07) is 16.7. The number of likely N-dealkylation sites (tertiary alicyclic amines) is 1. The number of nitrogens with one attached hydrogen (secondary N) is 1. The van der Waals surface area contributed by atoms with E-state index < -0.39 is 23.9 Å². The van der Waals surface area contributed by atoms with Gasteiger partial charge in [0.2, 0.25) is 5.91 Å². The summed E-state index contributed by atoms with van der Waals surface area (Å²) >= 11 is 0. The lowest BCUT2D eigenvalue weighted by molar-refractivity contribution is -0.157. The Hall–Kier alpha value is -3.35. The van der Waals surface area contributed by atoms with Gasteiger partial charge in [0.05, 0.1) is 18.2 Å². The lowest BCUT2D eigenvalue weighted by atomic mass is 10.1. The molecule has 0 aromatic heterocycles. The Bertz CT molecular complexity index is 899. The molecule has 0 bridgehead atoms. The van der Waals surface area contributed by atoms with Gasteiger partial charge in [-0.1, -0.05) is 42.5 Å². The summed E-state index contributed by atoms with van der Waals surface area (Å²) in [7, 11) is 0. The predicted molar refractivity (Wildman–Crippen MR) is 112 cm³/mol. The van der Waals surface area contributed by atoms with Crippen molar-refractivity contribution in [2.75, 3.05) is 18.5 Å². The van der Waals surface area contributed by atoms with E-state index in [1.54, 1.807) is 23.1 Å². The lowest BCUT2D eigenvalue weighted by Crippen LogP contribution is -2.33. The summed E-state index contributed by atoms with van der Waals surface area (Å²) in [5, 5.41) is 2.72. The van der Waals surface area contributed by atoms with Crippen LogP contribution in [0.2, 0.25) is 0 Å². The van der Waals surface area contributed by atoms with Crippen molar-refractivity contribution in [1.29, 1.82) is 0 Å². The highest BCUT2D eigenvalue weighted by Gasteiger charge is 2.36. The van der Waals surface area contributed by atoms with Crippen molar-refractivity contribution in [2.24, 2.45) is 5.92 Å². The summed E-state index contributed by atoms with van der Waals surface area (Å²) < 4.78 is 10.8. The van der Waals surface area contributed by atoms with Gasteiger partial charge in [0.15, 0.2) is 6.10 Å². The maximum Gasteiger partial charge on any atom is 0.312 e. The van der Waals surface area contributed by atoms with Crippen LogP contribution in [0.3, 0.4) is 0 Å². The van der Waals surface area contributed by atoms with Crippen molar-refractivity contribution in [3.8, 4) is 5.75 Å². The molecular formula is C23H26N2O5. The van der Waals surface area contributed by atoms with Crippen LogP contribution in [0.25, 0.3) is 0 Å². The molecule has 0 unspecified atom stereocenters. The van der Waals surface area contributed by atoms with E-state index in [9.17, 15) is 14.4 Å². The van der Waals surface area contributed by atoms with Crippen LogP contribution >= 0.6 is 0 Å². The first-order valence-electron chi connectivity index (χ1n) is 10.0. The van der Waals surface area contributed by atoms with Crippen molar-refractivity contribution < 1.29 is 23.9 Å². The Morgan fingerprint density at radius 3 is 2.57 bits per heavy atom. The summed E-state index contributed by atoms with van der Waals surface area (Å²) in [6.07, 6.45) is -0.904. The van der Waals surface area contributed by atoms with Crippen LogP contribution in [0.5, 0.6) is 5.75 Å². The van der Waals surface area contributed by atoms with Crippen molar-refractivity contribution >= 4 is 23.5 Å². The number of carbonyl (C=O) groups is 3. The fourth-order valence-corrected chi connectivity index (χ4v) is 3.30. The number of nitrogens with zero attached hydrogens (tertiary/aromatic N) is 1. The molecule has 30 heavy (non-hydrogen) atoms. The van der Waals surface area contributed by atoms with E-state index in [2.05, 4.69) is 5.32 Å². The number of carbonyl (C=O) groups excluding carboxylic acids is 3. The molecule has 1 fully saturated rings. The van der Waals surface area contributed by atoms with E-state index in [0.29, 0.717) is 24.6 Å². The minimum Gasteiger partial charge on any atom is -0.492 e.